The number of carbonyl (C=O) groups is 1. The lowest BCUT2D eigenvalue weighted by atomic mass is 10.0. The molecule has 2 aromatic rings. The Bertz CT molecular complexity index is 657. The molecule has 0 bridgehead atoms. The van der Waals surface area contributed by atoms with Crippen LogP contribution >= 0.6 is 11.6 Å². The molecule has 0 atom stereocenters. The summed E-state index contributed by atoms with van der Waals surface area (Å²) in [5.74, 6) is 0.415. The Morgan fingerprint density at radius 1 is 1.21 bits per heavy atom. The lowest BCUT2D eigenvalue weighted by molar-refractivity contribution is 0.103. The number of nitrogens with zero attached hydrogens (tertiary/aromatic N) is 1. The van der Waals surface area contributed by atoms with Gasteiger partial charge in [-0.2, -0.15) is 5.26 Å². The fraction of sp³-hybridized carbons (Fsp3) is 0.0667. The van der Waals surface area contributed by atoms with Gasteiger partial charge in [-0.15, -0.1) is 0 Å². The molecule has 0 aliphatic carbocycles. The van der Waals surface area contributed by atoms with Crippen molar-refractivity contribution in [1.82, 2.24) is 0 Å². The number of methoxy groups -OCH3 is 1. The van der Waals surface area contributed by atoms with Gasteiger partial charge in [-0.1, -0.05) is 11.6 Å². The van der Waals surface area contributed by atoms with Gasteiger partial charge >= 0.3 is 0 Å². The summed E-state index contributed by atoms with van der Waals surface area (Å²) in [6, 6.07) is 13.3. The molecule has 3 nitrogen and oxygen atoms in total. The van der Waals surface area contributed by atoms with Crippen molar-refractivity contribution in [2.75, 3.05) is 7.11 Å². The van der Waals surface area contributed by atoms with Gasteiger partial charge in [0.25, 0.3) is 0 Å². The minimum atomic E-state index is -0.183. The number of hydrogen-bond donors (Lipinski definition) is 0. The van der Waals surface area contributed by atoms with Crippen LogP contribution in [0.2, 0.25) is 5.02 Å². The highest BCUT2D eigenvalue weighted by Gasteiger charge is 2.13. The van der Waals surface area contributed by atoms with Crippen LogP contribution in [0.5, 0.6) is 5.75 Å². The molecule has 0 aliphatic heterocycles. The van der Waals surface area contributed by atoms with Gasteiger partial charge in [0.05, 0.1) is 23.8 Å². The van der Waals surface area contributed by atoms with Gasteiger partial charge < -0.3 is 4.74 Å². The van der Waals surface area contributed by atoms with E-state index in [2.05, 4.69) is 0 Å². The van der Waals surface area contributed by atoms with E-state index in [1.54, 1.807) is 42.5 Å². The van der Waals surface area contributed by atoms with Crippen LogP contribution < -0.4 is 4.74 Å². The first-order valence-corrected chi connectivity index (χ1v) is 5.92. The highest BCUT2D eigenvalue weighted by molar-refractivity contribution is 6.35. The van der Waals surface area contributed by atoms with Crippen molar-refractivity contribution in [2.45, 2.75) is 0 Å². The smallest absolute Gasteiger partial charge is 0.194 e. The van der Waals surface area contributed by atoms with Gasteiger partial charge in [0.15, 0.2) is 5.78 Å². The maximum absolute atomic E-state index is 12.3. The van der Waals surface area contributed by atoms with Crippen LogP contribution in [0.3, 0.4) is 0 Å². The maximum Gasteiger partial charge on any atom is 0.194 e. The highest BCUT2D eigenvalue weighted by atomic mass is 35.5. The lowest BCUT2D eigenvalue weighted by Gasteiger charge is -2.06. The van der Waals surface area contributed by atoms with E-state index in [-0.39, 0.29) is 5.78 Å². The summed E-state index contributed by atoms with van der Waals surface area (Å²) in [5, 5.41) is 9.06. The Morgan fingerprint density at radius 3 is 2.42 bits per heavy atom. The molecule has 0 spiro atoms. The van der Waals surface area contributed by atoms with Gasteiger partial charge in [-0.3, -0.25) is 4.79 Å². The molecule has 2 rings (SSSR count). The molecule has 2 aromatic carbocycles. The quantitative estimate of drug-likeness (QED) is 0.804. The summed E-state index contributed by atoms with van der Waals surface area (Å²) in [6.45, 7) is 0. The van der Waals surface area contributed by atoms with Gasteiger partial charge in [0, 0.05) is 11.1 Å². The van der Waals surface area contributed by atoms with Crippen molar-refractivity contribution in [1.29, 1.82) is 5.26 Å². The monoisotopic (exact) mass is 271 g/mol. The molecule has 0 saturated heterocycles. The minimum Gasteiger partial charge on any atom is -0.497 e. The molecule has 94 valence electrons. The molecular formula is C15H10ClNO2. The summed E-state index contributed by atoms with van der Waals surface area (Å²) in [6.07, 6.45) is 0. The van der Waals surface area contributed by atoms with E-state index in [4.69, 9.17) is 21.6 Å². The molecular weight excluding hydrogens is 262 g/mol. The van der Waals surface area contributed by atoms with Gasteiger partial charge in [0.2, 0.25) is 0 Å². The van der Waals surface area contributed by atoms with Crippen LogP contribution in [0, 0.1) is 11.3 Å². The summed E-state index contributed by atoms with van der Waals surface area (Å²) < 4.78 is 5.03. The van der Waals surface area contributed by atoms with E-state index in [1.807, 2.05) is 6.07 Å². The molecule has 0 N–H and O–H groups in total. The summed E-state index contributed by atoms with van der Waals surface area (Å²) in [4.78, 5) is 12.3. The Morgan fingerprint density at radius 2 is 1.89 bits per heavy atom. The second-order valence-electron chi connectivity index (χ2n) is 3.86. The Labute approximate surface area is 116 Å². The van der Waals surface area contributed by atoms with Gasteiger partial charge in [-0.25, -0.2) is 0 Å². The zero-order valence-corrected chi connectivity index (χ0v) is 10.9. The van der Waals surface area contributed by atoms with Crippen LogP contribution in [0.1, 0.15) is 21.5 Å². The number of benzene rings is 2. The van der Waals surface area contributed by atoms with Crippen LogP contribution in [0.4, 0.5) is 0 Å². The predicted octanol–water partition coefficient (Wildman–Crippen LogP) is 3.45. The largest absolute Gasteiger partial charge is 0.497 e. The van der Waals surface area contributed by atoms with E-state index in [0.29, 0.717) is 27.5 Å². The van der Waals surface area contributed by atoms with Gasteiger partial charge in [-0.05, 0) is 42.5 Å². The zero-order chi connectivity index (χ0) is 13.8. The standard InChI is InChI=1S/C15H10ClNO2/c1-19-12-6-7-13(14(16)8-12)15(18)11-4-2-10(9-17)3-5-11/h2-8H,1H3. The average Bonchev–Trinajstić information content (AvgIpc) is 2.46. The number of ether oxygens (including phenoxy) is 1. The van der Waals surface area contributed by atoms with Crippen molar-refractivity contribution in [3.05, 3.63) is 64.2 Å². The van der Waals surface area contributed by atoms with Crippen LogP contribution in [0.25, 0.3) is 0 Å². The molecule has 0 saturated carbocycles. The third kappa shape index (κ3) is 2.75. The number of hydrogen-bond acceptors (Lipinski definition) is 3. The average molecular weight is 272 g/mol. The van der Waals surface area contributed by atoms with Gasteiger partial charge in [0.1, 0.15) is 5.75 Å². The molecule has 19 heavy (non-hydrogen) atoms. The topological polar surface area (TPSA) is 50.1 Å². The van der Waals surface area contributed by atoms with Crippen LogP contribution in [0.15, 0.2) is 42.5 Å². The van der Waals surface area contributed by atoms with Crippen LogP contribution in [-0.4, -0.2) is 12.9 Å². The molecule has 0 aliphatic rings. The summed E-state index contributed by atoms with van der Waals surface area (Å²) in [7, 11) is 1.54. The van der Waals surface area contributed by atoms with Crippen molar-refractivity contribution in [2.24, 2.45) is 0 Å². The van der Waals surface area contributed by atoms with E-state index in [9.17, 15) is 4.79 Å². The van der Waals surface area contributed by atoms with Crippen molar-refractivity contribution < 1.29 is 9.53 Å². The third-order valence-electron chi connectivity index (χ3n) is 2.70. The number of halogens is 1. The maximum atomic E-state index is 12.3. The number of ketones is 1. The van der Waals surface area contributed by atoms with Crippen molar-refractivity contribution in [3.63, 3.8) is 0 Å². The predicted molar refractivity (Wildman–Crippen MR) is 72.6 cm³/mol. The zero-order valence-electron chi connectivity index (χ0n) is 10.2. The Hall–Kier alpha value is -2.31. The second kappa shape index (κ2) is 5.55. The fourth-order valence-corrected chi connectivity index (χ4v) is 1.91. The lowest BCUT2D eigenvalue weighted by Crippen LogP contribution is -2.02. The fourth-order valence-electron chi connectivity index (χ4n) is 1.66. The number of carbonyl (C=O) groups excluding carboxylic acids is 1. The normalized spacial score (nSPS) is 9.74. The first-order chi connectivity index (χ1) is 9.15. The SMILES string of the molecule is COc1ccc(C(=O)c2ccc(C#N)cc2)c(Cl)c1. The number of rotatable bonds is 3. The summed E-state index contributed by atoms with van der Waals surface area (Å²) in [5.41, 5.74) is 1.41. The third-order valence-corrected chi connectivity index (χ3v) is 3.01. The molecule has 0 amide bonds. The highest BCUT2D eigenvalue weighted by Crippen LogP contribution is 2.24. The first kappa shape index (κ1) is 13.1. The molecule has 4 heteroatoms. The van der Waals surface area contributed by atoms with Crippen molar-refractivity contribution >= 4 is 17.4 Å². The van der Waals surface area contributed by atoms with Crippen LogP contribution in [-0.2, 0) is 0 Å². The minimum absolute atomic E-state index is 0.183. The van der Waals surface area contributed by atoms with E-state index < -0.39 is 0 Å². The molecule has 0 radical (unpaired) electrons. The first-order valence-electron chi connectivity index (χ1n) is 5.54. The second-order valence-corrected chi connectivity index (χ2v) is 4.27. The Kier molecular flexibility index (Phi) is 3.84. The molecule has 0 fully saturated rings. The molecule has 0 heterocycles. The van der Waals surface area contributed by atoms with Crippen molar-refractivity contribution in [3.8, 4) is 11.8 Å². The Balaban J connectivity index is 2.36. The van der Waals surface area contributed by atoms with E-state index in [0.717, 1.165) is 0 Å². The summed E-state index contributed by atoms with van der Waals surface area (Å²) >= 11 is 6.06. The number of nitriles is 1. The van der Waals surface area contributed by atoms with E-state index in [1.165, 1.54) is 7.11 Å². The molecule has 0 aromatic heterocycles. The molecule has 0 unspecified atom stereocenters. The van der Waals surface area contributed by atoms with E-state index >= 15 is 0 Å².